The van der Waals surface area contributed by atoms with Crippen LogP contribution >= 0.6 is 0 Å². The number of ether oxygens (including phenoxy) is 1. The van der Waals surface area contributed by atoms with Crippen LogP contribution in [0, 0.1) is 11.3 Å². The SMILES string of the molecule is CCCCCC(C)(C(C)=O)C1CCCOC1. The molecule has 1 fully saturated rings. The molecule has 1 heterocycles. The molecule has 1 saturated heterocycles. The lowest BCUT2D eigenvalue weighted by atomic mass is 9.69. The molecule has 0 bridgehead atoms. The Labute approximate surface area is 99.8 Å². The molecular weight excluding hydrogens is 200 g/mol. The lowest BCUT2D eigenvalue weighted by molar-refractivity contribution is -0.132. The summed E-state index contributed by atoms with van der Waals surface area (Å²) in [7, 11) is 0. The molecule has 0 amide bonds. The largest absolute Gasteiger partial charge is 0.381 e. The quantitative estimate of drug-likeness (QED) is 0.647. The first-order chi connectivity index (χ1) is 7.61. The molecule has 0 radical (unpaired) electrons. The third-order valence-corrected chi connectivity index (χ3v) is 4.17. The fourth-order valence-corrected chi connectivity index (χ4v) is 2.65. The molecule has 0 N–H and O–H groups in total. The van der Waals surface area contributed by atoms with Crippen molar-refractivity contribution in [3.8, 4) is 0 Å². The predicted molar refractivity (Wildman–Crippen MR) is 66.5 cm³/mol. The third-order valence-electron chi connectivity index (χ3n) is 4.17. The average molecular weight is 226 g/mol. The van der Waals surface area contributed by atoms with E-state index in [4.69, 9.17) is 4.74 Å². The van der Waals surface area contributed by atoms with Crippen LogP contribution in [0.4, 0.5) is 0 Å². The van der Waals surface area contributed by atoms with Crippen LogP contribution in [0.25, 0.3) is 0 Å². The molecular formula is C14H26O2. The van der Waals surface area contributed by atoms with Crippen molar-refractivity contribution in [2.45, 2.75) is 59.3 Å². The maximum Gasteiger partial charge on any atom is 0.136 e. The highest BCUT2D eigenvalue weighted by molar-refractivity contribution is 5.82. The minimum absolute atomic E-state index is 0.143. The first kappa shape index (κ1) is 13.7. The fraction of sp³-hybridized carbons (Fsp3) is 0.929. The molecule has 0 aromatic heterocycles. The number of hydrogen-bond donors (Lipinski definition) is 0. The van der Waals surface area contributed by atoms with Gasteiger partial charge in [-0.3, -0.25) is 4.79 Å². The Morgan fingerprint density at radius 3 is 2.69 bits per heavy atom. The molecule has 2 heteroatoms. The first-order valence-corrected chi connectivity index (χ1v) is 6.70. The number of carbonyl (C=O) groups excluding carboxylic acids is 1. The maximum absolute atomic E-state index is 11.9. The van der Waals surface area contributed by atoms with Crippen molar-refractivity contribution in [1.82, 2.24) is 0 Å². The molecule has 2 nitrogen and oxygen atoms in total. The molecule has 0 spiro atoms. The minimum Gasteiger partial charge on any atom is -0.381 e. The third kappa shape index (κ3) is 3.31. The van der Waals surface area contributed by atoms with Gasteiger partial charge < -0.3 is 4.74 Å². The highest BCUT2D eigenvalue weighted by Gasteiger charge is 2.38. The van der Waals surface area contributed by atoms with Gasteiger partial charge in [-0.25, -0.2) is 0 Å². The van der Waals surface area contributed by atoms with E-state index in [1.807, 2.05) is 0 Å². The topological polar surface area (TPSA) is 26.3 Å². The van der Waals surface area contributed by atoms with E-state index >= 15 is 0 Å². The highest BCUT2D eigenvalue weighted by atomic mass is 16.5. The predicted octanol–water partition coefficient (Wildman–Crippen LogP) is 3.59. The fourth-order valence-electron chi connectivity index (χ4n) is 2.65. The Kier molecular flexibility index (Phi) is 5.47. The van der Waals surface area contributed by atoms with Crippen LogP contribution in [0.2, 0.25) is 0 Å². The van der Waals surface area contributed by atoms with E-state index in [0.717, 1.165) is 32.5 Å². The van der Waals surface area contributed by atoms with Gasteiger partial charge in [0.05, 0.1) is 6.61 Å². The second-order valence-electron chi connectivity index (χ2n) is 5.34. The van der Waals surface area contributed by atoms with Gasteiger partial charge in [-0.2, -0.15) is 0 Å². The van der Waals surface area contributed by atoms with Crippen molar-refractivity contribution in [2.24, 2.45) is 11.3 Å². The molecule has 1 aliphatic rings. The van der Waals surface area contributed by atoms with Gasteiger partial charge in [-0.15, -0.1) is 0 Å². The molecule has 0 aliphatic carbocycles. The number of carbonyl (C=O) groups is 1. The van der Waals surface area contributed by atoms with Gasteiger partial charge in [0.1, 0.15) is 5.78 Å². The van der Waals surface area contributed by atoms with Crippen molar-refractivity contribution in [3.63, 3.8) is 0 Å². The molecule has 0 saturated carbocycles. The van der Waals surface area contributed by atoms with E-state index in [0.29, 0.717) is 11.7 Å². The summed E-state index contributed by atoms with van der Waals surface area (Å²) in [6, 6.07) is 0. The van der Waals surface area contributed by atoms with Crippen LogP contribution < -0.4 is 0 Å². The van der Waals surface area contributed by atoms with Gasteiger partial charge in [0, 0.05) is 12.0 Å². The summed E-state index contributed by atoms with van der Waals surface area (Å²) in [5.41, 5.74) is -0.143. The van der Waals surface area contributed by atoms with Crippen molar-refractivity contribution >= 4 is 5.78 Å². The monoisotopic (exact) mass is 226 g/mol. The Bertz CT molecular complexity index is 219. The molecule has 16 heavy (non-hydrogen) atoms. The van der Waals surface area contributed by atoms with E-state index in [-0.39, 0.29) is 5.41 Å². The zero-order valence-electron chi connectivity index (χ0n) is 11.1. The van der Waals surface area contributed by atoms with Crippen molar-refractivity contribution < 1.29 is 9.53 Å². The zero-order chi connectivity index (χ0) is 12.0. The minimum atomic E-state index is -0.143. The van der Waals surface area contributed by atoms with Gasteiger partial charge in [-0.05, 0) is 32.1 Å². The van der Waals surface area contributed by atoms with Crippen molar-refractivity contribution in [3.05, 3.63) is 0 Å². The van der Waals surface area contributed by atoms with Crippen LogP contribution in [0.15, 0.2) is 0 Å². The standard InChI is InChI=1S/C14H26O2/c1-4-5-6-9-14(3,12(2)15)13-8-7-10-16-11-13/h13H,4-11H2,1-3H3. The Morgan fingerprint density at radius 1 is 1.44 bits per heavy atom. The van der Waals surface area contributed by atoms with Crippen LogP contribution in [0.5, 0.6) is 0 Å². The summed E-state index contributed by atoms with van der Waals surface area (Å²) in [4.78, 5) is 11.9. The summed E-state index contributed by atoms with van der Waals surface area (Å²) >= 11 is 0. The Morgan fingerprint density at radius 2 is 2.19 bits per heavy atom. The molecule has 2 unspecified atom stereocenters. The average Bonchev–Trinajstić information content (AvgIpc) is 2.30. The smallest absolute Gasteiger partial charge is 0.136 e. The summed E-state index contributed by atoms with van der Waals surface area (Å²) in [5.74, 6) is 0.787. The number of ketones is 1. The van der Waals surface area contributed by atoms with Crippen molar-refractivity contribution in [1.29, 1.82) is 0 Å². The zero-order valence-corrected chi connectivity index (χ0v) is 11.1. The highest BCUT2D eigenvalue weighted by Crippen LogP contribution is 2.38. The van der Waals surface area contributed by atoms with E-state index < -0.39 is 0 Å². The molecule has 1 rings (SSSR count). The second kappa shape index (κ2) is 6.39. The van der Waals surface area contributed by atoms with E-state index in [1.165, 1.54) is 19.3 Å². The van der Waals surface area contributed by atoms with Gasteiger partial charge in [0.25, 0.3) is 0 Å². The number of Topliss-reactive ketones (excluding diaryl/α,β-unsaturated/α-hetero) is 1. The number of hydrogen-bond acceptors (Lipinski definition) is 2. The van der Waals surface area contributed by atoms with Crippen LogP contribution in [0.3, 0.4) is 0 Å². The Balaban J connectivity index is 2.58. The molecule has 2 atom stereocenters. The van der Waals surface area contributed by atoms with Crippen LogP contribution in [0.1, 0.15) is 59.3 Å². The van der Waals surface area contributed by atoms with E-state index in [1.54, 1.807) is 6.92 Å². The Hall–Kier alpha value is -0.370. The van der Waals surface area contributed by atoms with Gasteiger partial charge in [0.15, 0.2) is 0 Å². The van der Waals surface area contributed by atoms with E-state index in [2.05, 4.69) is 13.8 Å². The van der Waals surface area contributed by atoms with Gasteiger partial charge >= 0.3 is 0 Å². The summed E-state index contributed by atoms with van der Waals surface area (Å²) in [5, 5.41) is 0. The van der Waals surface area contributed by atoms with Gasteiger partial charge in [0.2, 0.25) is 0 Å². The maximum atomic E-state index is 11.9. The second-order valence-corrected chi connectivity index (χ2v) is 5.34. The lowest BCUT2D eigenvalue weighted by Crippen LogP contribution is -2.39. The first-order valence-electron chi connectivity index (χ1n) is 6.70. The number of unbranched alkanes of at least 4 members (excludes halogenated alkanes) is 2. The lowest BCUT2D eigenvalue weighted by Gasteiger charge is -2.38. The molecule has 94 valence electrons. The molecule has 0 aromatic carbocycles. The van der Waals surface area contributed by atoms with E-state index in [9.17, 15) is 4.79 Å². The molecule has 1 aliphatic heterocycles. The summed E-state index contributed by atoms with van der Waals surface area (Å²) < 4.78 is 5.53. The normalized spacial score (nSPS) is 25.1. The number of rotatable bonds is 6. The van der Waals surface area contributed by atoms with Crippen LogP contribution in [-0.2, 0) is 9.53 Å². The summed E-state index contributed by atoms with van der Waals surface area (Å²) in [6.45, 7) is 7.75. The summed E-state index contributed by atoms with van der Waals surface area (Å²) in [6.07, 6.45) is 6.92. The van der Waals surface area contributed by atoms with Gasteiger partial charge in [-0.1, -0.05) is 33.1 Å². The van der Waals surface area contributed by atoms with Crippen LogP contribution in [-0.4, -0.2) is 19.0 Å². The van der Waals surface area contributed by atoms with Crippen molar-refractivity contribution in [2.75, 3.05) is 13.2 Å². The molecule has 0 aromatic rings.